The predicted molar refractivity (Wildman–Crippen MR) is 70.9 cm³/mol. The number of rotatable bonds is 5. The third kappa shape index (κ3) is 2.74. The molecule has 1 heterocycles. The van der Waals surface area contributed by atoms with E-state index in [1.54, 1.807) is 12.4 Å². The molecule has 1 aliphatic rings. The van der Waals surface area contributed by atoms with E-state index in [-0.39, 0.29) is 0 Å². The van der Waals surface area contributed by atoms with E-state index in [4.69, 9.17) is 4.74 Å². The number of nitrogens with zero attached hydrogens (tertiary/aromatic N) is 2. The molecule has 1 fully saturated rings. The first-order valence-electron chi connectivity index (χ1n) is 6.50. The van der Waals surface area contributed by atoms with Crippen molar-refractivity contribution < 1.29 is 9.53 Å². The summed E-state index contributed by atoms with van der Waals surface area (Å²) in [5, 5.41) is 4.19. The molecule has 2 aromatic rings. The quantitative estimate of drug-likeness (QED) is 0.772. The highest BCUT2D eigenvalue weighted by molar-refractivity contribution is 5.73. The average Bonchev–Trinajstić information content (AvgIpc) is 2.87. The third-order valence-electron chi connectivity index (χ3n) is 3.53. The number of carbonyl (C=O) groups is 1. The van der Waals surface area contributed by atoms with Crippen LogP contribution < -0.4 is 0 Å². The lowest BCUT2D eigenvalue weighted by Gasteiger charge is -2.35. The first kappa shape index (κ1) is 12.1. The minimum Gasteiger partial charge on any atom is -0.373 e. The van der Waals surface area contributed by atoms with Crippen LogP contribution in [0.25, 0.3) is 0 Å². The van der Waals surface area contributed by atoms with Crippen LogP contribution in [-0.2, 0) is 11.3 Å². The van der Waals surface area contributed by atoms with Gasteiger partial charge in [-0.3, -0.25) is 9.48 Å². The summed E-state index contributed by atoms with van der Waals surface area (Å²) >= 11 is 0. The molecule has 1 saturated carbocycles. The monoisotopic (exact) mass is 256 g/mol. The predicted octanol–water partition coefficient (Wildman–Crippen LogP) is 2.62. The van der Waals surface area contributed by atoms with Gasteiger partial charge in [-0.2, -0.15) is 5.10 Å². The van der Waals surface area contributed by atoms with Crippen molar-refractivity contribution >= 4 is 6.29 Å². The number of ether oxygens (including phenoxy) is 1. The number of hydrogen-bond donors (Lipinski definition) is 0. The zero-order valence-electron chi connectivity index (χ0n) is 10.6. The van der Waals surface area contributed by atoms with Crippen LogP contribution in [0, 0.1) is 0 Å². The van der Waals surface area contributed by atoms with Crippen LogP contribution in [-0.4, -0.2) is 22.2 Å². The Bertz CT molecular complexity index is 544. The van der Waals surface area contributed by atoms with Gasteiger partial charge in [0.25, 0.3) is 0 Å². The molecular weight excluding hydrogens is 240 g/mol. The minimum absolute atomic E-state index is 0.300. The fourth-order valence-electron chi connectivity index (χ4n) is 2.29. The van der Waals surface area contributed by atoms with Crippen LogP contribution in [0.4, 0.5) is 0 Å². The van der Waals surface area contributed by atoms with Crippen LogP contribution in [0.1, 0.15) is 34.8 Å². The van der Waals surface area contributed by atoms with Gasteiger partial charge >= 0.3 is 0 Å². The SMILES string of the molecule is O=Cc1cnn([C@H]2C[C@H](OCc3ccccc3)C2)c1. The lowest BCUT2D eigenvalue weighted by molar-refractivity contribution is -0.0383. The van der Waals surface area contributed by atoms with Crippen molar-refractivity contribution in [2.24, 2.45) is 0 Å². The van der Waals surface area contributed by atoms with Gasteiger partial charge in [0.2, 0.25) is 0 Å². The number of aldehydes is 1. The molecule has 19 heavy (non-hydrogen) atoms. The average molecular weight is 256 g/mol. The molecule has 4 heteroatoms. The molecule has 0 saturated heterocycles. The Balaban J connectivity index is 1.46. The molecule has 0 bridgehead atoms. The molecule has 0 atom stereocenters. The fraction of sp³-hybridized carbons (Fsp3) is 0.333. The van der Waals surface area contributed by atoms with Gasteiger partial charge in [0.15, 0.2) is 6.29 Å². The highest BCUT2D eigenvalue weighted by Crippen LogP contribution is 2.34. The number of benzene rings is 1. The first-order chi connectivity index (χ1) is 9.35. The topological polar surface area (TPSA) is 44.1 Å². The van der Waals surface area contributed by atoms with E-state index in [0.717, 1.165) is 19.1 Å². The zero-order chi connectivity index (χ0) is 13.1. The summed E-state index contributed by atoms with van der Waals surface area (Å²) in [5.41, 5.74) is 1.84. The summed E-state index contributed by atoms with van der Waals surface area (Å²) in [7, 11) is 0. The van der Waals surface area contributed by atoms with Crippen molar-refractivity contribution in [1.82, 2.24) is 9.78 Å². The van der Waals surface area contributed by atoms with Crippen molar-refractivity contribution in [3.8, 4) is 0 Å². The van der Waals surface area contributed by atoms with Gasteiger partial charge in [0, 0.05) is 6.20 Å². The minimum atomic E-state index is 0.300. The van der Waals surface area contributed by atoms with Gasteiger partial charge in [-0.05, 0) is 18.4 Å². The Morgan fingerprint density at radius 1 is 1.32 bits per heavy atom. The summed E-state index contributed by atoms with van der Waals surface area (Å²) < 4.78 is 7.71. The highest BCUT2D eigenvalue weighted by atomic mass is 16.5. The van der Waals surface area contributed by atoms with E-state index < -0.39 is 0 Å². The molecule has 1 aromatic carbocycles. The fourth-order valence-corrected chi connectivity index (χ4v) is 2.29. The Morgan fingerprint density at radius 3 is 2.79 bits per heavy atom. The zero-order valence-corrected chi connectivity index (χ0v) is 10.6. The largest absolute Gasteiger partial charge is 0.373 e. The van der Waals surface area contributed by atoms with Crippen molar-refractivity contribution in [2.75, 3.05) is 0 Å². The van der Waals surface area contributed by atoms with Crippen LogP contribution in [0.15, 0.2) is 42.7 Å². The molecule has 0 radical (unpaired) electrons. The van der Waals surface area contributed by atoms with Crippen LogP contribution >= 0.6 is 0 Å². The maximum atomic E-state index is 10.6. The Kier molecular flexibility index (Phi) is 3.42. The summed E-state index contributed by atoms with van der Waals surface area (Å²) in [4.78, 5) is 10.6. The molecule has 0 aliphatic heterocycles. The normalized spacial score (nSPS) is 21.9. The third-order valence-corrected chi connectivity index (χ3v) is 3.53. The van der Waals surface area contributed by atoms with Gasteiger partial charge in [0.1, 0.15) is 0 Å². The lowest BCUT2D eigenvalue weighted by atomic mass is 9.89. The van der Waals surface area contributed by atoms with E-state index in [0.29, 0.717) is 24.3 Å². The number of aromatic nitrogens is 2. The molecule has 0 N–H and O–H groups in total. The maximum absolute atomic E-state index is 10.6. The summed E-state index contributed by atoms with van der Waals surface area (Å²) in [6, 6.07) is 10.6. The summed E-state index contributed by atoms with van der Waals surface area (Å²) in [5.74, 6) is 0. The van der Waals surface area contributed by atoms with Crippen LogP contribution in [0.3, 0.4) is 0 Å². The second kappa shape index (κ2) is 5.36. The second-order valence-electron chi connectivity index (χ2n) is 4.92. The van der Waals surface area contributed by atoms with Crippen LogP contribution in [0.5, 0.6) is 0 Å². The van der Waals surface area contributed by atoms with Gasteiger partial charge in [-0.1, -0.05) is 30.3 Å². The van der Waals surface area contributed by atoms with Gasteiger partial charge in [-0.15, -0.1) is 0 Å². The van der Waals surface area contributed by atoms with E-state index in [1.165, 1.54) is 5.56 Å². The Labute approximate surface area is 112 Å². The van der Waals surface area contributed by atoms with Gasteiger partial charge in [-0.25, -0.2) is 0 Å². The molecule has 1 aromatic heterocycles. The van der Waals surface area contributed by atoms with E-state index >= 15 is 0 Å². The smallest absolute Gasteiger partial charge is 0.153 e. The van der Waals surface area contributed by atoms with Gasteiger partial charge < -0.3 is 4.74 Å². The molecule has 4 nitrogen and oxygen atoms in total. The molecule has 98 valence electrons. The standard InChI is InChI=1S/C15H16N2O2/c18-10-13-8-16-17(9-13)14-6-15(7-14)19-11-12-4-2-1-3-5-12/h1-5,8-10,14-15H,6-7,11H2/t14-,15-. The molecule has 0 unspecified atom stereocenters. The van der Waals surface area contributed by atoms with Crippen molar-refractivity contribution in [3.05, 3.63) is 53.9 Å². The van der Waals surface area contributed by atoms with Crippen molar-refractivity contribution in [3.63, 3.8) is 0 Å². The first-order valence-corrected chi connectivity index (χ1v) is 6.50. The molecule has 3 rings (SSSR count). The van der Waals surface area contributed by atoms with Crippen molar-refractivity contribution in [1.29, 1.82) is 0 Å². The highest BCUT2D eigenvalue weighted by Gasteiger charge is 2.31. The van der Waals surface area contributed by atoms with E-state index in [1.807, 2.05) is 22.9 Å². The van der Waals surface area contributed by atoms with Crippen molar-refractivity contribution in [2.45, 2.75) is 31.6 Å². The van der Waals surface area contributed by atoms with Gasteiger partial charge in [0.05, 0.1) is 30.5 Å². The lowest BCUT2D eigenvalue weighted by Crippen LogP contribution is -2.33. The molecule has 1 aliphatic carbocycles. The Hall–Kier alpha value is -1.94. The van der Waals surface area contributed by atoms with E-state index in [9.17, 15) is 4.79 Å². The summed E-state index contributed by atoms with van der Waals surface area (Å²) in [6.07, 6.45) is 6.45. The van der Waals surface area contributed by atoms with E-state index in [2.05, 4.69) is 17.2 Å². The molecular formula is C15H16N2O2. The van der Waals surface area contributed by atoms with Crippen LogP contribution in [0.2, 0.25) is 0 Å². The summed E-state index contributed by atoms with van der Waals surface area (Å²) in [6.45, 7) is 0.664. The number of carbonyl (C=O) groups excluding carboxylic acids is 1. The second-order valence-corrected chi connectivity index (χ2v) is 4.92. The number of hydrogen-bond acceptors (Lipinski definition) is 3. The molecule has 0 amide bonds. The Morgan fingerprint density at radius 2 is 2.11 bits per heavy atom. The molecule has 0 spiro atoms. The maximum Gasteiger partial charge on any atom is 0.153 e.